The van der Waals surface area contributed by atoms with Crippen molar-refractivity contribution in [3.8, 4) is 0 Å². The molecule has 2 aromatic heterocycles. The number of hydrogen-bond donors (Lipinski definition) is 2. The molecule has 0 spiro atoms. The van der Waals surface area contributed by atoms with Gasteiger partial charge in [-0.05, 0) is 37.3 Å². The largest absolute Gasteiger partial charge is 0.382 e. The molecule has 2 N–H and O–H groups in total. The Bertz CT molecular complexity index is 551. The summed E-state index contributed by atoms with van der Waals surface area (Å²) in [5, 5.41) is 17.7. The van der Waals surface area contributed by atoms with Gasteiger partial charge in [-0.3, -0.25) is 5.10 Å². The van der Waals surface area contributed by atoms with Crippen LogP contribution in [0.5, 0.6) is 0 Å². The number of H-pyrrole nitrogens is 1. The summed E-state index contributed by atoms with van der Waals surface area (Å²) in [7, 11) is 0. The zero-order chi connectivity index (χ0) is 12.5. The van der Waals surface area contributed by atoms with Crippen molar-refractivity contribution in [2.24, 2.45) is 5.92 Å². The maximum atomic E-state index is 10.2. The third-order valence-corrected chi connectivity index (χ3v) is 3.53. The molecule has 3 rings (SSSR count). The van der Waals surface area contributed by atoms with Crippen LogP contribution in [0.15, 0.2) is 24.4 Å². The Labute approximate surface area is 110 Å². The van der Waals surface area contributed by atoms with E-state index < -0.39 is 6.10 Å². The second-order valence-electron chi connectivity index (χ2n) is 4.75. The number of aliphatic hydroxyl groups excluding tert-OH is 1. The molecule has 0 saturated heterocycles. The summed E-state index contributed by atoms with van der Waals surface area (Å²) in [5.41, 5.74) is 2.26. The summed E-state index contributed by atoms with van der Waals surface area (Å²) in [4.78, 5) is 3.96. The standard InChI is InChI=1S/C13H14ClN3O/c14-13-10(2-1-5-15-13)12(18)11-7-9(16-17-11)6-8-3-4-8/h1-2,5,7-8,12,18H,3-4,6H2,(H,16,17). The van der Waals surface area contributed by atoms with Crippen LogP contribution in [-0.4, -0.2) is 20.3 Å². The summed E-state index contributed by atoms with van der Waals surface area (Å²) in [6, 6.07) is 5.42. The van der Waals surface area contributed by atoms with Gasteiger partial charge < -0.3 is 5.11 Å². The fraction of sp³-hybridized carbons (Fsp3) is 0.385. The van der Waals surface area contributed by atoms with E-state index in [4.69, 9.17) is 11.6 Å². The maximum absolute atomic E-state index is 10.2. The van der Waals surface area contributed by atoms with Gasteiger partial charge in [-0.25, -0.2) is 4.98 Å². The minimum Gasteiger partial charge on any atom is -0.382 e. The van der Waals surface area contributed by atoms with Crippen LogP contribution < -0.4 is 0 Å². The van der Waals surface area contributed by atoms with Gasteiger partial charge in [0.1, 0.15) is 11.3 Å². The molecule has 0 aromatic carbocycles. The number of halogens is 1. The molecule has 94 valence electrons. The first-order chi connectivity index (χ1) is 8.74. The summed E-state index contributed by atoms with van der Waals surface area (Å²) in [6.07, 6.45) is 4.38. The van der Waals surface area contributed by atoms with Crippen molar-refractivity contribution in [3.05, 3.63) is 46.5 Å². The van der Waals surface area contributed by atoms with E-state index in [1.54, 1.807) is 18.3 Å². The van der Waals surface area contributed by atoms with Crippen LogP contribution in [0.2, 0.25) is 5.15 Å². The molecule has 2 heterocycles. The lowest BCUT2D eigenvalue weighted by Gasteiger charge is -2.08. The molecule has 1 unspecified atom stereocenters. The van der Waals surface area contributed by atoms with Crippen molar-refractivity contribution in [1.29, 1.82) is 0 Å². The third kappa shape index (κ3) is 2.40. The Morgan fingerprint density at radius 1 is 1.50 bits per heavy atom. The summed E-state index contributed by atoms with van der Waals surface area (Å²) < 4.78 is 0. The average Bonchev–Trinajstić information content (AvgIpc) is 3.05. The van der Waals surface area contributed by atoms with E-state index in [2.05, 4.69) is 15.2 Å². The predicted molar refractivity (Wildman–Crippen MR) is 68.3 cm³/mol. The highest BCUT2D eigenvalue weighted by Gasteiger charge is 2.23. The van der Waals surface area contributed by atoms with Gasteiger partial charge in [0.15, 0.2) is 0 Å². The number of aromatic amines is 1. The van der Waals surface area contributed by atoms with E-state index in [0.717, 1.165) is 18.0 Å². The first-order valence-electron chi connectivity index (χ1n) is 6.06. The van der Waals surface area contributed by atoms with Gasteiger partial charge >= 0.3 is 0 Å². The Morgan fingerprint density at radius 3 is 3.06 bits per heavy atom. The van der Waals surface area contributed by atoms with Crippen LogP contribution in [0.25, 0.3) is 0 Å². The van der Waals surface area contributed by atoms with Crippen LogP contribution in [-0.2, 0) is 6.42 Å². The Kier molecular flexibility index (Phi) is 3.06. The van der Waals surface area contributed by atoms with Gasteiger partial charge in [0, 0.05) is 17.5 Å². The molecule has 2 aromatic rings. The van der Waals surface area contributed by atoms with E-state index in [1.165, 1.54) is 12.8 Å². The topological polar surface area (TPSA) is 61.8 Å². The van der Waals surface area contributed by atoms with Crippen LogP contribution in [0.1, 0.15) is 35.9 Å². The molecule has 1 saturated carbocycles. The Morgan fingerprint density at radius 2 is 2.33 bits per heavy atom. The molecule has 4 nitrogen and oxygen atoms in total. The van der Waals surface area contributed by atoms with E-state index in [9.17, 15) is 5.11 Å². The predicted octanol–water partition coefficient (Wildman–Crippen LogP) is 2.49. The SMILES string of the molecule is OC(c1cc(CC2CC2)[nH]n1)c1cccnc1Cl. The van der Waals surface area contributed by atoms with Crippen molar-refractivity contribution in [2.75, 3.05) is 0 Å². The number of nitrogens with zero attached hydrogens (tertiary/aromatic N) is 2. The van der Waals surface area contributed by atoms with Gasteiger partial charge in [-0.1, -0.05) is 17.7 Å². The van der Waals surface area contributed by atoms with Gasteiger partial charge in [-0.15, -0.1) is 0 Å². The molecule has 5 heteroatoms. The van der Waals surface area contributed by atoms with Crippen molar-refractivity contribution < 1.29 is 5.11 Å². The minimum atomic E-state index is -0.824. The minimum absolute atomic E-state index is 0.316. The third-order valence-electron chi connectivity index (χ3n) is 3.22. The highest BCUT2D eigenvalue weighted by Crippen LogP contribution is 2.33. The fourth-order valence-corrected chi connectivity index (χ4v) is 2.24. The molecule has 1 atom stereocenters. The first kappa shape index (κ1) is 11.7. The van der Waals surface area contributed by atoms with Gasteiger partial charge in [-0.2, -0.15) is 5.10 Å². The molecule has 1 aliphatic rings. The van der Waals surface area contributed by atoms with E-state index in [1.807, 2.05) is 6.07 Å². The lowest BCUT2D eigenvalue weighted by molar-refractivity contribution is 0.215. The second kappa shape index (κ2) is 4.71. The Balaban J connectivity index is 1.80. The smallest absolute Gasteiger partial charge is 0.135 e. The summed E-state index contributed by atoms with van der Waals surface area (Å²) >= 11 is 5.96. The monoisotopic (exact) mass is 263 g/mol. The lowest BCUT2D eigenvalue weighted by Crippen LogP contribution is -2.01. The average molecular weight is 264 g/mol. The molecule has 18 heavy (non-hydrogen) atoms. The van der Waals surface area contributed by atoms with Crippen molar-refractivity contribution >= 4 is 11.6 Å². The number of aromatic nitrogens is 3. The van der Waals surface area contributed by atoms with Crippen LogP contribution in [0.4, 0.5) is 0 Å². The fourth-order valence-electron chi connectivity index (χ4n) is 2.02. The summed E-state index contributed by atoms with van der Waals surface area (Å²) in [5.74, 6) is 0.789. The highest BCUT2D eigenvalue weighted by atomic mass is 35.5. The van der Waals surface area contributed by atoms with Crippen LogP contribution in [0, 0.1) is 5.92 Å². The quantitative estimate of drug-likeness (QED) is 0.833. The maximum Gasteiger partial charge on any atom is 0.135 e. The number of pyridine rings is 1. The van der Waals surface area contributed by atoms with E-state index >= 15 is 0 Å². The molecule has 0 radical (unpaired) electrons. The lowest BCUT2D eigenvalue weighted by atomic mass is 10.1. The molecule has 0 aliphatic heterocycles. The van der Waals surface area contributed by atoms with Crippen LogP contribution in [0.3, 0.4) is 0 Å². The normalized spacial score (nSPS) is 16.8. The molecular formula is C13H14ClN3O. The second-order valence-corrected chi connectivity index (χ2v) is 5.11. The molecule has 0 bridgehead atoms. The van der Waals surface area contributed by atoms with Gasteiger partial charge in [0.25, 0.3) is 0 Å². The van der Waals surface area contributed by atoms with Crippen molar-refractivity contribution in [1.82, 2.24) is 15.2 Å². The van der Waals surface area contributed by atoms with E-state index in [-0.39, 0.29) is 0 Å². The number of aliphatic hydroxyl groups is 1. The molecule has 1 aliphatic carbocycles. The highest BCUT2D eigenvalue weighted by molar-refractivity contribution is 6.30. The van der Waals surface area contributed by atoms with E-state index in [0.29, 0.717) is 16.4 Å². The molecular weight excluding hydrogens is 250 g/mol. The number of nitrogens with one attached hydrogen (secondary N) is 1. The number of rotatable bonds is 4. The van der Waals surface area contributed by atoms with Gasteiger partial charge in [0.2, 0.25) is 0 Å². The van der Waals surface area contributed by atoms with Crippen molar-refractivity contribution in [3.63, 3.8) is 0 Å². The molecule has 1 fully saturated rings. The zero-order valence-electron chi connectivity index (χ0n) is 9.81. The van der Waals surface area contributed by atoms with Crippen LogP contribution >= 0.6 is 11.6 Å². The Hall–Kier alpha value is -1.39. The van der Waals surface area contributed by atoms with Crippen molar-refractivity contribution in [2.45, 2.75) is 25.4 Å². The van der Waals surface area contributed by atoms with Gasteiger partial charge in [0.05, 0.1) is 5.69 Å². The summed E-state index contributed by atoms with van der Waals surface area (Å²) in [6.45, 7) is 0. The molecule has 0 amide bonds. The first-order valence-corrected chi connectivity index (χ1v) is 6.44. The zero-order valence-corrected chi connectivity index (χ0v) is 10.6. The number of hydrogen-bond acceptors (Lipinski definition) is 3.